The van der Waals surface area contributed by atoms with Crippen molar-refractivity contribution in [3.63, 3.8) is 0 Å². The van der Waals surface area contributed by atoms with Crippen LogP contribution in [0.2, 0.25) is 0 Å². The Morgan fingerprint density at radius 1 is 0.871 bits per heavy atom. The third kappa shape index (κ3) is 4.65. The SMILES string of the molecule is COc1ccc(-c2ncnc(N3CCN(S(=O)(=O)N4CCCCCC4)CC3)c2F)cc1. The number of methoxy groups -OCH3 is 1. The van der Waals surface area contributed by atoms with Crippen molar-refractivity contribution in [3.8, 4) is 17.0 Å². The smallest absolute Gasteiger partial charge is 0.282 e. The Bertz CT molecular complexity index is 987. The second-order valence-electron chi connectivity index (χ2n) is 7.80. The maximum absolute atomic E-state index is 15.3. The van der Waals surface area contributed by atoms with E-state index in [1.54, 1.807) is 40.6 Å². The molecule has 0 aliphatic carbocycles. The Balaban J connectivity index is 1.47. The molecule has 0 atom stereocenters. The highest BCUT2D eigenvalue weighted by molar-refractivity contribution is 7.86. The Hall–Kier alpha value is -2.30. The van der Waals surface area contributed by atoms with Crippen molar-refractivity contribution in [3.05, 3.63) is 36.4 Å². The maximum Gasteiger partial charge on any atom is 0.282 e. The van der Waals surface area contributed by atoms with Gasteiger partial charge in [-0.05, 0) is 37.1 Å². The first kappa shape index (κ1) is 21.9. The average molecular weight is 450 g/mol. The van der Waals surface area contributed by atoms with E-state index in [0.717, 1.165) is 25.7 Å². The molecule has 0 radical (unpaired) electrons. The molecule has 0 saturated carbocycles. The fraction of sp³-hybridized carbons (Fsp3) is 0.524. The van der Waals surface area contributed by atoms with Gasteiger partial charge in [-0.2, -0.15) is 17.0 Å². The molecule has 4 rings (SSSR count). The molecule has 1 aromatic heterocycles. The van der Waals surface area contributed by atoms with E-state index in [1.165, 1.54) is 10.6 Å². The van der Waals surface area contributed by atoms with Crippen LogP contribution >= 0.6 is 0 Å². The molecule has 8 nitrogen and oxygen atoms in total. The number of ether oxygens (including phenoxy) is 1. The predicted molar refractivity (Wildman–Crippen MR) is 117 cm³/mol. The van der Waals surface area contributed by atoms with Crippen LogP contribution in [0, 0.1) is 5.82 Å². The molecule has 3 heterocycles. The molecule has 31 heavy (non-hydrogen) atoms. The standard InChI is InChI=1S/C21H28FN5O3S/c1-30-18-8-6-17(7-9-18)20-19(22)21(24-16-23-20)25-12-14-27(15-13-25)31(28,29)26-10-4-2-3-5-11-26/h6-9,16H,2-5,10-15H2,1H3. The first-order chi connectivity index (χ1) is 15.0. The van der Waals surface area contributed by atoms with Crippen molar-refractivity contribution in [1.82, 2.24) is 18.6 Å². The van der Waals surface area contributed by atoms with E-state index >= 15 is 4.39 Å². The van der Waals surface area contributed by atoms with Crippen LogP contribution in [0.5, 0.6) is 5.75 Å². The molecule has 0 unspecified atom stereocenters. The molecule has 0 bridgehead atoms. The van der Waals surface area contributed by atoms with Crippen LogP contribution in [0.1, 0.15) is 25.7 Å². The summed E-state index contributed by atoms with van der Waals surface area (Å²) in [4.78, 5) is 10.1. The normalized spacial score (nSPS) is 19.2. The van der Waals surface area contributed by atoms with Gasteiger partial charge in [0.05, 0.1) is 7.11 Å². The summed E-state index contributed by atoms with van der Waals surface area (Å²) in [6.45, 7) is 2.52. The Morgan fingerprint density at radius 3 is 2.10 bits per heavy atom. The fourth-order valence-corrected chi connectivity index (χ4v) is 5.77. The van der Waals surface area contributed by atoms with Gasteiger partial charge in [0.15, 0.2) is 11.6 Å². The minimum absolute atomic E-state index is 0.202. The van der Waals surface area contributed by atoms with Crippen LogP contribution in [0.25, 0.3) is 11.3 Å². The van der Waals surface area contributed by atoms with Gasteiger partial charge < -0.3 is 9.64 Å². The van der Waals surface area contributed by atoms with Gasteiger partial charge in [-0.25, -0.2) is 14.4 Å². The van der Waals surface area contributed by atoms with Crippen molar-refractivity contribution in [2.75, 3.05) is 51.3 Å². The van der Waals surface area contributed by atoms with E-state index in [1.807, 2.05) is 0 Å². The van der Waals surface area contributed by atoms with Crippen LogP contribution < -0.4 is 9.64 Å². The van der Waals surface area contributed by atoms with Gasteiger partial charge in [-0.15, -0.1) is 0 Å². The van der Waals surface area contributed by atoms with E-state index in [-0.39, 0.29) is 11.5 Å². The summed E-state index contributed by atoms with van der Waals surface area (Å²) in [5.74, 6) is 0.379. The zero-order chi connectivity index (χ0) is 21.8. The summed E-state index contributed by atoms with van der Waals surface area (Å²) in [5, 5.41) is 0. The second kappa shape index (κ2) is 9.46. The molecular weight excluding hydrogens is 421 g/mol. The van der Waals surface area contributed by atoms with Gasteiger partial charge in [0.25, 0.3) is 10.2 Å². The number of halogens is 1. The predicted octanol–water partition coefficient (Wildman–Crippen LogP) is 2.53. The third-order valence-corrected chi connectivity index (χ3v) is 7.93. The minimum Gasteiger partial charge on any atom is -0.497 e. The first-order valence-electron chi connectivity index (χ1n) is 10.7. The van der Waals surface area contributed by atoms with Crippen molar-refractivity contribution in [2.24, 2.45) is 0 Å². The summed E-state index contributed by atoms with van der Waals surface area (Å²) in [7, 11) is -1.91. The lowest BCUT2D eigenvalue weighted by molar-refractivity contribution is 0.326. The third-order valence-electron chi connectivity index (χ3n) is 5.89. The monoisotopic (exact) mass is 449 g/mol. The van der Waals surface area contributed by atoms with Gasteiger partial charge >= 0.3 is 0 Å². The number of nitrogens with zero attached hydrogens (tertiary/aromatic N) is 5. The summed E-state index contributed by atoms with van der Waals surface area (Å²) in [6, 6.07) is 7.01. The zero-order valence-electron chi connectivity index (χ0n) is 17.7. The summed E-state index contributed by atoms with van der Waals surface area (Å²) < 4.78 is 49.6. The van der Waals surface area contributed by atoms with E-state index in [9.17, 15) is 8.42 Å². The van der Waals surface area contributed by atoms with Crippen molar-refractivity contribution >= 4 is 16.0 Å². The van der Waals surface area contributed by atoms with Crippen LogP contribution in [0.4, 0.5) is 10.2 Å². The first-order valence-corrected chi connectivity index (χ1v) is 12.1. The molecular formula is C21H28FN5O3S. The molecule has 2 aliphatic rings. The minimum atomic E-state index is -3.48. The topological polar surface area (TPSA) is 78.9 Å². The van der Waals surface area contributed by atoms with Crippen LogP contribution in [0.15, 0.2) is 30.6 Å². The van der Waals surface area contributed by atoms with Crippen molar-refractivity contribution < 1.29 is 17.5 Å². The fourth-order valence-electron chi connectivity index (χ4n) is 4.10. The zero-order valence-corrected chi connectivity index (χ0v) is 18.5. The average Bonchev–Trinajstić information content (AvgIpc) is 3.10. The van der Waals surface area contributed by atoms with Gasteiger partial charge in [-0.1, -0.05) is 12.8 Å². The van der Waals surface area contributed by atoms with Crippen molar-refractivity contribution in [2.45, 2.75) is 25.7 Å². The highest BCUT2D eigenvalue weighted by Gasteiger charge is 2.33. The maximum atomic E-state index is 15.3. The number of hydrogen-bond acceptors (Lipinski definition) is 6. The quantitative estimate of drug-likeness (QED) is 0.698. The summed E-state index contributed by atoms with van der Waals surface area (Å²) in [6.07, 6.45) is 5.30. The molecule has 2 saturated heterocycles. The Kier molecular flexibility index (Phi) is 6.68. The van der Waals surface area contributed by atoms with Crippen LogP contribution in [0.3, 0.4) is 0 Å². The van der Waals surface area contributed by atoms with E-state index in [0.29, 0.717) is 50.6 Å². The molecule has 0 spiro atoms. The Morgan fingerprint density at radius 2 is 1.48 bits per heavy atom. The van der Waals surface area contributed by atoms with Crippen LogP contribution in [-0.4, -0.2) is 73.4 Å². The van der Waals surface area contributed by atoms with Crippen molar-refractivity contribution in [1.29, 1.82) is 0 Å². The summed E-state index contributed by atoms with van der Waals surface area (Å²) >= 11 is 0. The highest BCUT2D eigenvalue weighted by atomic mass is 32.2. The number of piperazine rings is 1. The molecule has 10 heteroatoms. The molecule has 168 valence electrons. The lowest BCUT2D eigenvalue weighted by Crippen LogP contribution is -2.53. The number of hydrogen-bond donors (Lipinski definition) is 0. The molecule has 1 aromatic carbocycles. The van der Waals surface area contributed by atoms with E-state index < -0.39 is 16.0 Å². The highest BCUT2D eigenvalue weighted by Crippen LogP contribution is 2.28. The lowest BCUT2D eigenvalue weighted by atomic mass is 10.1. The van der Waals surface area contributed by atoms with Gasteiger partial charge in [0.2, 0.25) is 0 Å². The number of aromatic nitrogens is 2. The van der Waals surface area contributed by atoms with E-state index in [2.05, 4.69) is 9.97 Å². The van der Waals surface area contributed by atoms with Gasteiger partial charge in [0, 0.05) is 44.8 Å². The molecule has 2 aliphatic heterocycles. The largest absolute Gasteiger partial charge is 0.497 e. The molecule has 0 amide bonds. The van der Waals surface area contributed by atoms with E-state index in [4.69, 9.17) is 4.74 Å². The molecule has 2 aromatic rings. The Labute approximate surface area is 182 Å². The van der Waals surface area contributed by atoms with Gasteiger partial charge in [-0.3, -0.25) is 0 Å². The number of benzene rings is 1. The summed E-state index contributed by atoms with van der Waals surface area (Å²) in [5.41, 5.74) is 0.844. The number of anilines is 1. The molecule has 0 N–H and O–H groups in total. The lowest BCUT2D eigenvalue weighted by Gasteiger charge is -2.37. The van der Waals surface area contributed by atoms with Crippen LogP contribution in [-0.2, 0) is 10.2 Å². The molecule has 2 fully saturated rings. The number of rotatable bonds is 5. The van der Waals surface area contributed by atoms with Gasteiger partial charge in [0.1, 0.15) is 17.8 Å². The second-order valence-corrected chi connectivity index (χ2v) is 9.72.